The predicted octanol–water partition coefficient (Wildman–Crippen LogP) is 3.35. The molecule has 0 spiro atoms. The van der Waals surface area contributed by atoms with E-state index in [1.54, 1.807) is 12.3 Å². The van der Waals surface area contributed by atoms with Crippen molar-refractivity contribution in [3.63, 3.8) is 0 Å². The number of rotatable bonds is 2. The van der Waals surface area contributed by atoms with Crippen molar-refractivity contribution >= 4 is 5.57 Å². The molecule has 1 fully saturated rings. The van der Waals surface area contributed by atoms with Gasteiger partial charge >= 0.3 is 0 Å². The summed E-state index contributed by atoms with van der Waals surface area (Å²) in [6.45, 7) is 8.41. The predicted molar refractivity (Wildman–Crippen MR) is 72.7 cm³/mol. The van der Waals surface area contributed by atoms with Gasteiger partial charge in [0.15, 0.2) is 0 Å². The maximum atomic E-state index is 13.1. The highest BCUT2D eigenvalue weighted by Gasteiger charge is 2.38. The SMILES string of the molecule is CC.CCN1CC2C=C(c3cncc(F)c3)C1C2. The number of halogens is 1. The lowest BCUT2D eigenvalue weighted by atomic mass is 10.0. The van der Waals surface area contributed by atoms with E-state index in [0.717, 1.165) is 18.7 Å². The normalized spacial score (nSPS) is 25.7. The Morgan fingerprint density at radius 1 is 1.39 bits per heavy atom. The zero-order valence-electron chi connectivity index (χ0n) is 11.4. The number of hydrogen-bond donors (Lipinski definition) is 0. The summed E-state index contributed by atoms with van der Waals surface area (Å²) in [7, 11) is 0. The molecule has 0 amide bonds. The Morgan fingerprint density at radius 2 is 2.17 bits per heavy atom. The number of fused-ring (bicyclic) bond motifs is 2. The molecule has 0 N–H and O–H groups in total. The third-order valence-electron chi connectivity index (χ3n) is 3.65. The van der Waals surface area contributed by atoms with Crippen molar-refractivity contribution in [2.24, 2.45) is 5.92 Å². The summed E-state index contributed by atoms with van der Waals surface area (Å²) in [5.41, 5.74) is 2.22. The Kier molecular flexibility index (Phi) is 4.12. The lowest BCUT2D eigenvalue weighted by molar-refractivity contribution is 0.302. The first-order valence-corrected chi connectivity index (χ1v) is 6.84. The molecule has 0 aromatic carbocycles. The van der Waals surface area contributed by atoms with Gasteiger partial charge in [0, 0.05) is 24.3 Å². The third-order valence-corrected chi connectivity index (χ3v) is 3.65. The summed E-state index contributed by atoms with van der Waals surface area (Å²) >= 11 is 0. The summed E-state index contributed by atoms with van der Waals surface area (Å²) in [4.78, 5) is 6.39. The minimum absolute atomic E-state index is 0.246. The molecule has 2 aliphatic rings. The average molecular weight is 248 g/mol. The summed E-state index contributed by atoms with van der Waals surface area (Å²) in [6, 6.07) is 2.08. The highest BCUT2D eigenvalue weighted by molar-refractivity contribution is 5.72. The Hall–Kier alpha value is -1.22. The van der Waals surface area contributed by atoms with Gasteiger partial charge in [-0.25, -0.2) is 4.39 Å². The van der Waals surface area contributed by atoms with Crippen LogP contribution in [0.15, 0.2) is 24.5 Å². The zero-order valence-corrected chi connectivity index (χ0v) is 11.4. The lowest BCUT2D eigenvalue weighted by Gasteiger charge is -2.26. The molecule has 1 saturated heterocycles. The molecule has 2 unspecified atom stereocenters. The number of hydrogen-bond acceptors (Lipinski definition) is 2. The molecule has 2 atom stereocenters. The number of nitrogens with zero attached hydrogens (tertiary/aromatic N) is 2. The summed E-state index contributed by atoms with van der Waals surface area (Å²) in [5.74, 6) is 0.410. The maximum Gasteiger partial charge on any atom is 0.142 e. The molecule has 98 valence electrons. The highest BCUT2D eigenvalue weighted by atomic mass is 19.1. The highest BCUT2D eigenvalue weighted by Crippen LogP contribution is 2.41. The molecular weight excluding hydrogens is 227 g/mol. The van der Waals surface area contributed by atoms with E-state index in [2.05, 4.69) is 22.9 Å². The van der Waals surface area contributed by atoms with Crippen LogP contribution < -0.4 is 0 Å². The van der Waals surface area contributed by atoms with E-state index in [1.165, 1.54) is 18.2 Å². The van der Waals surface area contributed by atoms with Crippen LogP contribution in [0, 0.1) is 11.7 Å². The number of likely N-dealkylation sites (N-methyl/N-ethyl adjacent to an activating group) is 1. The first-order valence-electron chi connectivity index (χ1n) is 6.84. The van der Waals surface area contributed by atoms with E-state index in [-0.39, 0.29) is 5.82 Å². The summed E-state index contributed by atoms with van der Waals surface area (Å²) < 4.78 is 13.1. The molecule has 3 rings (SSSR count). The minimum atomic E-state index is -0.246. The van der Waals surface area contributed by atoms with Crippen LogP contribution in [0.1, 0.15) is 32.8 Å². The van der Waals surface area contributed by atoms with Crippen molar-refractivity contribution < 1.29 is 4.39 Å². The van der Waals surface area contributed by atoms with E-state index in [4.69, 9.17) is 0 Å². The zero-order chi connectivity index (χ0) is 13.1. The van der Waals surface area contributed by atoms with Gasteiger partial charge in [-0.3, -0.25) is 9.88 Å². The fourth-order valence-corrected chi connectivity index (χ4v) is 2.96. The molecular formula is C15H21FN2. The van der Waals surface area contributed by atoms with Crippen molar-refractivity contribution in [3.8, 4) is 0 Å². The molecule has 1 aromatic rings. The molecule has 2 nitrogen and oxygen atoms in total. The van der Waals surface area contributed by atoms with E-state index in [9.17, 15) is 4.39 Å². The van der Waals surface area contributed by atoms with Crippen LogP contribution in [0.2, 0.25) is 0 Å². The monoisotopic (exact) mass is 248 g/mol. The quantitative estimate of drug-likeness (QED) is 0.798. The van der Waals surface area contributed by atoms with Crippen LogP contribution in [-0.4, -0.2) is 29.0 Å². The fraction of sp³-hybridized carbons (Fsp3) is 0.533. The van der Waals surface area contributed by atoms with Gasteiger partial charge in [0.2, 0.25) is 0 Å². The fourth-order valence-electron chi connectivity index (χ4n) is 2.96. The first kappa shape index (κ1) is 13.2. The Morgan fingerprint density at radius 3 is 2.78 bits per heavy atom. The van der Waals surface area contributed by atoms with Crippen molar-refractivity contribution in [2.45, 2.75) is 33.2 Å². The smallest absolute Gasteiger partial charge is 0.142 e. The van der Waals surface area contributed by atoms with Crippen molar-refractivity contribution in [3.05, 3.63) is 35.9 Å². The molecule has 1 aliphatic heterocycles. The van der Waals surface area contributed by atoms with Crippen LogP contribution in [0.25, 0.3) is 5.57 Å². The van der Waals surface area contributed by atoms with E-state index >= 15 is 0 Å². The Balaban J connectivity index is 0.000000574. The van der Waals surface area contributed by atoms with Gasteiger partial charge in [-0.05, 0) is 30.5 Å². The number of pyridine rings is 1. The molecule has 2 heterocycles. The second kappa shape index (κ2) is 5.61. The standard InChI is InChI=1S/C13H15FN2.C2H6/c1-2-16-8-9-3-12(13(16)4-9)10-5-11(14)7-15-6-10;1-2/h3,5-7,9,13H,2,4,8H2,1H3;1-2H3. The lowest BCUT2D eigenvalue weighted by Crippen LogP contribution is -2.31. The average Bonchev–Trinajstić information content (AvgIpc) is 3.00. The van der Waals surface area contributed by atoms with Crippen LogP contribution in [0.5, 0.6) is 0 Å². The van der Waals surface area contributed by atoms with Crippen LogP contribution in [0.4, 0.5) is 4.39 Å². The van der Waals surface area contributed by atoms with Crippen molar-refractivity contribution in [1.82, 2.24) is 9.88 Å². The maximum absolute atomic E-state index is 13.1. The van der Waals surface area contributed by atoms with Crippen LogP contribution in [-0.2, 0) is 0 Å². The van der Waals surface area contributed by atoms with Gasteiger partial charge in [0.1, 0.15) is 5.82 Å². The number of aromatic nitrogens is 1. The van der Waals surface area contributed by atoms with E-state index in [0.29, 0.717) is 12.0 Å². The van der Waals surface area contributed by atoms with Gasteiger partial charge in [-0.2, -0.15) is 0 Å². The van der Waals surface area contributed by atoms with Gasteiger partial charge < -0.3 is 0 Å². The van der Waals surface area contributed by atoms with Gasteiger partial charge in [0.05, 0.1) is 6.20 Å². The van der Waals surface area contributed by atoms with Crippen LogP contribution in [0.3, 0.4) is 0 Å². The van der Waals surface area contributed by atoms with Crippen molar-refractivity contribution in [2.75, 3.05) is 13.1 Å². The summed E-state index contributed by atoms with van der Waals surface area (Å²) in [6.07, 6.45) is 6.52. The number of likely N-dealkylation sites (tertiary alicyclic amines) is 1. The second-order valence-electron chi connectivity index (χ2n) is 4.61. The topological polar surface area (TPSA) is 16.1 Å². The molecule has 1 aliphatic carbocycles. The van der Waals surface area contributed by atoms with E-state index in [1.807, 2.05) is 13.8 Å². The second-order valence-corrected chi connectivity index (χ2v) is 4.61. The molecule has 18 heavy (non-hydrogen) atoms. The van der Waals surface area contributed by atoms with Gasteiger partial charge in [-0.15, -0.1) is 0 Å². The van der Waals surface area contributed by atoms with Gasteiger partial charge in [-0.1, -0.05) is 26.8 Å². The Bertz CT molecular complexity index is 442. The largest absolute Gasteiger partial charge is 0.296 e. The Labute approximate surface area is 109 Å². The molecule has 2 bridgehead atoms. The minimum Gasteiger partial charge on any atom is -0.296 e. The first-order chi connectivity index (χ1) is 8.78. The summed E-state index contributed by atoms with van der Waals surface area (Å²) in [5, 5.41) is 0. The molecule has 1 aromatic heterocycles. The van der Waals surface area contributed by atoms with Gasteiger partial charge in [0.25, 0.3) is 0 Å². The molecule has 0 radical (unpaired) electrons. The molecule has 0 saturated carbocycles. The van der Waals surface area contributed by atoms with E-state index < -0.39 is 0 Å². The van der Waals surface area contributed by atoms with Crippen molar-refractivity contribution in [1.29, 1.82) is 0 Å². The third kappa shape index (κ3) is 2.32. The van der Waals surface area contributed by atoms with Crippen LogP contribution >= 0.6 is 0 Å². The molecule has 3 heteroatoms.